The summed E-state index contributed by atoms with van der Waals surface area (Å²) in [4.78, 5) is 0. The molecular weight excluding hydrogens is 1240 g/mol. The predicted octanol–water partition coefficient (Wildman–Crippen LogP) is 20.5. The lowest BCUT2D eigenvalue weighted by Crippen LogP contribution is -2.39. The Morgan fingerprint density at radius 2 is 0.859 bits per heavy atom. The third kappa shape index (κ3) is 18.0. The largest absolute Gasteiger partial charge is 0.392 e. The lowest BCUT2D eigenvalue weighted by Gasteiger charge is -2.44. The summed E-state index contributed by atoms with van der Waals surface area (Å²) in [5.74, 6) is 7.40. The molecule has 1 spiro atoms. The van der Waals surface area contributed by atoms with E-state index in [9.17, 15) is 30.6 Å². The van der Waals surface area contributed by atoms with Crippen molar-refractivity contribution in [3.05, 3.63) is 165 Å². The molecule has 12 rings (SSSR count). The predicted molar refractivity (Wildman–Crippen MR) is 412 cm³/mol. The number of benzene rings is 2. The smallest absolute Gasteiger partial charge is 0.0809 e. The number of allylic oxidation sites excluding steroid dienone is 9. The van der Waals surface area contributed by atoms with Gasteiger partial charge in [-0.3, -0.25) is 0 Å². The Kier molecular flexibility index (Phi) is 26.5. The first-order chi connectivity index (χ1) is 47.0. The van der Waals surface area contributed by atoms with Gasteiger partial charge in [0.1, 0.15) is 0 Å². The van der Waals surface area contributed by atoms with Crippen LogP contribution < -0.4 is 0 Å². The van der Waals surface area contributed by atoms with Crippen LogP contribution in [0.2, 0.25) is 0 Å². The van der Waals surface area contributed by atoms with E-state index in [1.807, 2.05) is 0 Å². The normalized spacial score (nSPS) is 35.9. The fourth-order valence-electron chi connectivity index (χ4n) is 20.8. The summed E-state index contributed by atoms with van der Waals surface area (Å²) in [6.07, 6.45) is 35.7. The van der Waals surface area contributed by atoms with Gasteiger partial charge in [-0.1, -0.05) is 208 Å². The first kappa shape index (κ1) is 78.0. The molecule has 8 nitrogen and oxygen atoms in total. The standard InChI is InChI=1S/C31H44O3.C31H44O2S.C28H46O3/c2*1-20(2)26-9-6-8-24(16-26)19-34-22(4)27-13-14-28-25(10-7-15-31(27,28)5)12-11-23-17-29(32)21(3)30(33)18-23;1-18(2)19(3)17-31-20(4)23-10-11-24-22(7-6-12-27(23,24)5)9-8-21-15-25(29)28(13-14-28)26(30)16-21/h2*6,8-9,11-12,16,20,22,27-30,32-33H,3,7,10,13-15,17-19H2,1-2,4-5H3;8-9,18-20,23-26,29-30H,6-7,10-17H2,1-5H3/b2*25-12+;22-9+/t2*22-,27?,28?,29-,30-,31?;19-,20+,23?,24?,25+,26+,27?/m110/s1. The van der Waals surface area contributed by atoms with E-state index in [2.05, 4.69) is 200 Å². The SMILES string of the molecule is C=C1[C@H](O)CC(=C/C=C2\CCCC3(C)C2CCC3[C@@H](C)OCc2cccc(C(C)C)c2)C[C@H]1O.C=C1[C@H](O)CC(=C/C=C2\CCCC3(C)C2CCC3[C@@H](C)SCc2cccc(C(C)C)c2)C[C@H]1O.CC(C)[C@@H](C)CO[C@H](C)C1CCC2/C(=C/C=C3C[C@@H](O)C4(CC4)[C@H](O)C3)CCCC21C. The maximum absolute atomic E-state index is 10.6. The van der Waals surface area contributed by atoms with Crippen molar-refractivity contribution in [2.45, 2.75) is 316 Å². The molecule has 9 unspecified atom stereocenters. The van der Waals surface area contributed by atoms with Crippen LogP contribution in [0.4, 0.5) is 0 Å². The van der Waals surface area contributed by atoms with Gasteiger partial charge < -0.3 is 40.1 Å². The maximum Gasteiger partial charge on any atom is 0.0809 e. The van der Waals surface area contributed by atoms with E-state index < -0.39 is 24.4 Å². The zero-order valence-electron chi connectivity index (χ0n) is 63.8. The van der Waals surface area contributed by atoms with Crippen LogP contribution >= 0.6 is 11.8 Å². The minimum absolute atomic E-state index is 0.171. The van der Waals surface area contributed by atoms with Gasteiger partial charge in [0, 0.05) is 23.0 Å². The molecule has 0 aromatic heterocycles. The highest BCUT2D eigenvalue weighted by Gasteiger charge is 2.57. The minimum atomic E-state index is -0.625. The molecule has 6 N–H and O–H groups in total. The molecule has 548 valence electrons. The molecule has 9 heteroatoms. The van der Waals surface area contributed by atoms with Gasteiger partial charge in [-0.2, -0.15) is 11.8 Å². The van der Waals surface area contributed by atoms with Crippen molar-refractivity contribution in [1.29, 1.82) is 0 Å². The van der Waals surface area contributed by atoms with Gasteiger partial charge >= 0.3 is 0 Å². The summed E-state index contributed by atoms with van der Waals surface area (Å²) in [7, 11) is 0. The summed E-state index contributed by atoms with van der Waals surface area (Å²) in [5, 5.41) is 62.5. The first-order valence-corrected chi connectivity index (χ1v) is 40.7. The van der Waals surface area contributed by atoms with Crippen LogP contribution in [0.15, 0.2) is 143 Å². The zero-order chi connectivity index (χ0) is 71.3. The lowest BCUT2D eigenvalue weighted by molar-refractivity contribution is -0.0403. The van der Waals surface area contributed by atoms with E-state index in [0.29, 0.717) is 119 Å². The van der Waals surface area contributed by atoms with Gasteiger partial charge in [0.05, 0.1) is 55.4 Å². The number of rotatable bonds is 18. The van der Waals surface area contributed by atoms with Gasteiger partial charge in [-0.05, 0) is 270 Å². The maximum atomic E-state index is 10.6. The van der Waals surface area contributed by atoms with Gasteiger partial charge in [0.15, 0.2) is 0 Å². The molecule has 0 heterocycles. The van der Waals surface area contributed by atoms with Crippen molar-refractivity contribution >= 4 is 11.8 Å². The second-order valence-electron chi connectivity index (χ2n) is 35.3. The highest BCUT2D eigenvalue weighted by atomic mass is 32.2. The van der Waals surface area contributed by atoms with Crippen molar-refractivity contribution < 1.29 is 40.1 Å². The number of hydrogen-bond acceptors (Lipinski definition) is 9. The molecule has 10 aliphatic carbocycles. The highest BCUT2D eigenvalue weighted by Crippen LogP contribution is 2.63. The Hall–Kier alpha value is -3.61. The Morgan fingerprint density at radius 3 is 1.27 bits per heavy atom. The van der Waals surface area contributed by atoms with Gasteiger partial charge in [0.2, 0.25) is 0 Å². The quantitative estimate of drug-likeness (QED) is 0.0805. The van der Waals surface area contributed by atoms with E-state index in [0.717, 1.165) is 61.5 Å². The number of ether oxygens (including phenoxy) is 2. The van der Waals surface area contributed by atoms with Gasteiger partial charge in [-0.15, -0.1) is 0 Å². The molecule has 10 aliphatic rings. The fourth-order valence-corrected chi connectivity index (χ4v) is 22.1. The van der Waals surface area contributed by atoms with Crippen LogP contribution in [0.1, 0.15) is 272 Å². The monoisotopic (exact) mass is 1370 g/mol. The number of aliphatic hydroxyl groups is 6. The molecule has 0 amide bonds. The molecule has 2 aromatic rings. The Labute approximate surface area is 605 Å². The van der Waals surface area contributed by atoms with E-state index in [-0.39, 0.29) is 29.1 Å². The van der Waals surface area contributed by atoms with E-state index in [1.54, 1.807) is 16.7 Å². The van der Waals surface area contributed by atoms with Crippen molar-refractivity contribution in [2.24, 2.45) is 69.0 Å². The minimum Gasteiger partial charge on any atom is -0.392 e. The molecule has 10 saturated carbocycles. The van der Waals surface area contributed by atoms with Crippen molar-refractivity contribution in [3.8, 4) is 0 Å². The third-order valence-electron chi connectivity index (χ3n) is 28.0. The molecular formula is C90H134O8S. The second kappa shape index (κ2) is 33.7. The average molecular weight is 1380 g/mol. The first-order valence-electron chi connectivity index (χ1n) is 39.7. The summed E-state index contributed by atoms with van der Waals surface area (Å²) in [5.41, 5.74) is 15.7. The molecule has 0 saturated heterocycles. The van der Waals surface area contributed by atoms with Crippen LogP contribution in [-0.2, 0) is 21.8 Å². The van der Waals surface area contributed by atoms with Crippen LogP contribution in [0.25, 0.3) is 0 Å². The van der Waals surface area contributed by atoms with E-state index in [4.69, 9.17) is 9.47 Å². The second-order valence-corrected chi connectivity index (χ2v) is 36.6. The summed E-state index contributed by atoms with van der Waals surface area (Å²) in [6, 6.07) is 18.0. The number of thioether (sulfide) groups is 1. The Morgan fingerprint density at radius 1 is 0.475 bits per heavy atom. The molecule has 2 aromatic carbocycles. The molecule has 10 fully saturated rings. The van der Waals surface area contributed by atoms with E-state index >= 15 is 0 Å². The zero-order valence-corrected chi connectivity index (χ0v) is 64.6. The molecule has 0 bridgehead atoms. The van der Waals surface area contributed by atoms with Crippen molar-refractivity contribution in [1.82, 2.24) is 0 Å². The Balaban J connectivity index is 0.000000161. The molecule has 99 heavy (non-hydrogen) atoms. The average Bonchev–Trinajstić information content (AvgIpc) is 1.65. The van der Waals surface area contributed by atoms with Crippen LogP contribution in [0, 0.1) is 69.0 Å². The molecule has 0 radical (unpaired) electrons. The highest BCUT2D eigenvalue weighted by molar-refractivity contribution is 7.99. The van der Waals surface area contributed by atoms with Crippen LogP contribution in [0.3, 0.4) is 0 Å². The van der Waals surface area contributed by atoms with Gasteiger partial charge in [-0.25, -0.2) is 0 Å². The summed E-state index contributed by atoms with van der Waals surface area (Å²) < 4.78 is 12.9. The van der Waals surface area contributed by atoms with Crippen LogP contribution in [0.5, 0.6) is 0 Å². The van der Waals surface area contributed by atoms with Crippen LogP contribution in [-0.4, -0.2) is 91.3 Å². The topological polar surface area (TPSA) is 140 Å². The summed E-state index contributed by atoms with van der Waals surface area (Å²) >= 11 is 2.14. The van der Waals surface area contributed by atoms with Crippen molar-refractivity contribution in [3.63, 3.8) is 0 Å². The fraction of sp³-hybridized carbons (Fsp3) is 0.689. The number of fused-ring (bicyclic) bond motifs is 3. The number of hydrogen-bond donors (Lipinski definition) is 6. The number of aliphatic hydroxyl groups excluding tert-OH is 6. The third-order valence-corrected chi connectivity index (χ3v) is 29.4. The lowest BCUT2D eigenvalue weighted by atomic mass is 9.62. The molecule has 19 atom stereocenters. The van der Waals surface area contributed by atoms with E-state index in [1.165, 1.54) is 118 Å². The Bertz CT molecular complexity index is 3060. The van der Waals surface area contributed by atoms with Crippen molar-refractivity contribution in [2.75, 3.05) is 6.61 Å². The molecule has 0 aliphatic heterocycles. The van der Waals surface area contributed by atoms with Gasteiger partial charge in [0.25, 0.3) is 0 Å². The summed E-state index contributed by atoms with van der Waals surface area (Å²) in [6.45, 7) is 39.7.